The van der Waals surface area contributed by atoms with Crippen molar-refractivity contribution >= 4 is 16.0 Å². The van der Waals surface area contributed by atoms with Crippen molar-refractivity contribution in [2.24, 2.45) is 5.92 Å². The monoisotopic (exact) mass is 316 g/mol. The Bertz CT molecular complexity index is 623. The standard InChI is InChI=1S/C13H20N2O5S/c1-2-15-8-10(6-11(15)13(17)18)21(19,20)14-7-9-4-3-5-12(9)16/h6,8-9,12,14,16H,2-5,7H2,1H3,(H,17,18). The summed E-state index contributed by atoms with van der Waals surface area (Å²) >= 11 is 0. The smallest absolute Gasteiger partial charge is 0.352 e. The van der Waals surface area contributed by atoms with Crippen molar-refractivity contribution in [3.8, 4) is 0 Å². The van der Waals surface area contributed by atoms with E-state index < -0.39 is 22.1 Å². The van der Waals surface area contributed by atoms with Crippen molar-refractivity contribution in [1.29, 1.82) is 0 Å². The van der Waals surface area contributed by atoms with Gasteiger partial charge >= 0.3 is 5.97 Å². The lowest BCUT2D eigenvalue weighted by molar-refractivity contribution is 0.0685. The minimum atomic E-state index is -3.76. The van der Waals surface area contributed by atoms with Crippen LogP contribution in [0.3, 0.4) is 0 Å². The largest absolute Gasteiger partial charge is 0.477 e. The Hall–Kier alpha value is -1.38. The molecule has 1 saturated carbocycles. The van der Waals surface area contributed by atoms with Crippen molar-refractivity contribution in [2.45, 2.75) is 43.7 Å². The SMILES string of the molecule is CCn1cc(S(=O)(=O)NCC2CCCC2O)cc1C(=O)O. The van der Waals surface area contributed by atoms with Crippen LogP contribution in [-0.2, 0) is 16.6 Å². The van der Waals surface area contributed by atoms with Gasteiger partial charge in [-0.3, -0.25) is 0 Å². The first kappa shape index (κ1) is 16.0. The molecular formula is C13H20N2O5S. The van der Waals surface area contributed by atoms with Gasteiger partial charge in [0.1, 0.15) is 10.6 Å². The van der Waals surface area contributed by atoms with Gasteiger partial charge in [0, 0.05) is 19.3 Å². The number of hydrogen-bond acceptors (Lipinski definition) is 4. The predicted molar refractivity (Wildman–Crippen MR) is 75.6 cm³/mol. The molecule has 3 N–H and O–H groups in total. The minimum absolute atomic E-state index is 0.0567. The van der Waals surface area contributed by atoms with E-state index in [0.717, 1.165) is 18.9 Å². The van der Waals surface area contributed by atoms with Crippen LogP contribution in [0.4, 0.5) is 0 Å². The highest BCUT2D eigenvalue weighted by Gasteiger charge is 2.28. The van der Waals surface area contributed by atoms with Crippen LogP contribution in [0.1, 0.15) is 36.7 Å². The summed E-state index contributed by atoms with van der Waals surface area (Å²) in [5.74, 6) is -1.24. The van der Waals surface area contributed by atoms with Crippen molar-refractivity contribution in [3.63, 3.8) is 0 Å². The van der Waals surface area contributed by atoms with Gasteiger partial charge in [-0.15, -0.1) is 0 Å². The first-order chi connectivity index (χ1) is 9.85. The van der Waals surface area contributed by atoms with Crippen molar-refractivity contribution in [3.05, 3.63) is 18.0 Å². The van der Waals surface area contributed by atoms with Crippen LogP contribution in [0.25, 0.3) is 0 Å². The predicted octanol–water partition coefficient (Wildman–Crippen LogP) is 0.645. The molecule has 1 fully saturated rings. The molecule has 0 amide bonds. The first-order valence-electron chi connectivity index (χ1n) is 6.96. The highest BCUT2D eigenvalue weighted by Crippen LogP contribution is 2.25. The zero-order valence-corrected chi connectivity index (χ0v) is 12.6. The van der Waals surface area contributed by atoms with E-state index in [4.69, 9.17) is 5.11 Å². The van der Waals surface area contributed by atoms with Gasteiger partial charge in [0.25, 0.3) is 0 Å². The number of nitrogens with one attached hydrogen (secondary N) is 1. The molecule has 2 atom stereocenters. The van der Waals surface area contributed by atoms with Gasteiger partial charge < -0.3 is 14.8 Å². The average Bonchev–Trinajstić information content (AvgIpc) is 3.02. The van der Waals surface area contributed by atoms with Gasteiger partial charge in [-0.1, -0.05) is 6.42 Å². The summed E-state index contributed by atoms with van der Waals surface area (Å²) in [6.07, 6.45) is 3.23. The summed E-state index contributed by atoms with van der Waals surface area (Å²) in [6.45, 7) is 2.28. The van der Waals surface area contributed by atoms with E-state index in [9.17, 15) is 18.3 Å². The molecule has 0 saturated heterocycles. The number of aliphatic hydroxyl groups is 1. The van der Waals surface area contributed by atoms with Crippen LogP contribution in [-0.4, -0.2) is 41.8 Å². The molecule has 1 aliphatic rings. The second-order valence-corrected chi connectivity index (χ2v) is 7.03. The number of aryl methyl sites for hydroxylation is 1. The molecular weight excluding hydrogens is 296 g/mol. The highest BCUT2D eigenvalue weighted by atomic mass is 32.2. The lowest BCUT2D eigenvalue weighted by atomic mass is 10.1. The van der Waals surface area contributed by atoms with Crippen LogP contribution in [0.15, 0.2) is 17.2 Å². The van der Waals surface area contributed by atoms with Crippen molar-refractivity contribution in [1.82, 2.24) is 9.29 Å². The molecule has 1 heterocycles. The summed E-state index contributed by atoms with van der Waals surface area (Å²) in [5, 5.41) is 18.7. The number of sulfonamides is 1. The van der Waals surface area contributed by atoms with Crippen LogP contribution in [0.2, 0.25) is 0 Å². The van der Waals surface area contributed by atoms with Gasteiger partial charge in [0.2, 0.25) is 10.0 Å². The zero-order chi connectivity index (χ0) is 15.6. The average molecular weight is 316 g/mol. The zero-order valence-electron chi connectivity index (χ0n) is 11.8. The molecule has 0 aromatic carbocycles. The number of rotatable bonds is 6. The third-order valence-electron chi connectivity index (χ3n) is 3.90. The summed E-state index contributed by atoms with van der Waals surface area (Å²) in [7, 11) is -3.76. The number of aromatic nitrogens is 1. The maximum atomic E-state index is 12.2. The summed E-state index contributed by atoms with van der Waals surface area (Å²) in [5.41, 5.74) is -0.0567. The Balaban J connectivity index is 2.14. The van der Waals surface area contributed by atoms with Gasteiger partial charge in [0.05, 0.1) is 6.10 Å². The Labute approximate surface area is 123 Å². The molecule has 1 aromatic rings. The molecule has 0 aliphatic heterocycles. The van der Waals surface area contributed by atoms with Gasteiger partial charge in [0.15, 0.2) is 0 Å². The van der Waals surface area contributed by atoms with Gasteiger partial charge in [-0.25, -0.2) is 17.9 Å². The Morgan fingerprint density at radius 3 is 2.67 bits per heavy atom. The van der Waals surface area contributed by atoms with E-state index in [1.165, 1.54) is 10.8 Å². The van der Waals surface area contributed by atoms with E-state index in [2.05, 4.69) is 4.72 Å². The summed E-state index contributed by atoms with van der Waals surface area (Å²) in [6, 6.07) is 1.15. The Morgan fingerprint density at radius 2 is 2.19 bits per heavy atom. The van der Waals surface area contributed by atoms with Crippen LogP contribution >= 0.6 is 0 Å². The third-order valence-corrected chi connectivity index (χ3v) is 5.29. The van der Waals surface area contributed by atoms with Crippen molar-refractivity contribution in [2.75, 3.05) is 6.54 Å². The topological polar surface area (TPSA) is 109 Å². The molecule has 0 radical (unpaired) electrons. The maximum Gasteiger partial charge on any atom is 0.352 e. The summed E-state index contributed by atoms with van der Waals surface area (Å²) in [4.78, 5) is 11.0. The third kappa shape index (κ3) is 3.45. The number of carboxylic acids is 1. The second-order valence-electron chi connectivity index (χ2n) is 5.26. The lowest BCUT2D eigenvalue weighted by Gasteiger charge is -2.14. The number of nitrogens with zero attached hydrogens (tertiary/aromatic N) is 1. The van der Waals surface area contributed by atoms with E-state index in [-0.39, 0.29) is 23.1 Å². The van der Waals surface area contributed by atoms with E-state index >= 15 is 0 Å². The molecule has 0 spiro atoms. The van der Waals surface area contributed by atoms with Crippen LogP contribution < -0.4 is 4.72 Å². The Morgan fingerprint density at radius 1 is 1.48 bits per heavy atom. The molecule has 21 heavy (non-hydrogen) atoms. The number of aromatic carboxylic acids is 1. The molecule has 8 heteroatoms. The number of aliphatic hydroxyl groups excluding tert-OH is 1. The quantitative estimate of drug-likeness (QED) is 0.714. The molecule has 118 valence electrons. The van der Waals surface area contributed by atoms with Gasteiger partial charge in [-0.05, 0) is 31.7 Å². The number of carbonyl (C=O) groups is 1. The second kappa shape index (κ2) is 6.17. The number of hydrogen-bond donors (Lipinski definition) is 3. The normalized spacial score (nSPS) is 22.6. The number of carboxylic acid groups (broad SMARTS) is 1. The molecule has 1 aliphatic carbocycles. The molecule has 2 unspecified atom stereocenters. The van der Waals surface area contributed by atoms with Crippen LogP contribution in [0, 0.1) is 5.92 Å². The van der Waals surface area contributed by atoms with Crippen molar-refractivity contribution < 1.29 is 23.4 Å². The molecule has 2 rings (SSSR count). The fourth-order valence-corrected chi connectivity index (χ4v) is 3.76. The fraction of sp³-hybridized carbons (Fsp3) is 0.615. The van der Waals surface area contributed by atoms with E-state index in [1.54, 1.807) is 6.92 Å². The summed E-state index contributed by atoms with van der Waals surface area (Å²) < 4.78 is 28.2. The maximum absolute atomic E-state index is 12.2. The first-order valence-corrected chi connectivity index (χ1v) is 8.44. The van der Waals surface area contributed by atoms with E-state index in [0.29, 0.717) is 13.0 Å². The van der Waals surface area contributed by atoms with E-state index in [1.807, 2.05) is 0 Å². The lowest BCUT2D eigenvalue weighted by Crippen LogP contribution is -2.32. The van der Waals surface area contributed by atoms with Crippen LogP contribution in [0.5, 0.6) is 0 Å². The molecule has 0 bridgehead atoms. The fourth-order valence-electron chi connectivity index (χ4n) is 2.63. The van der Waals surface area contributed by atoms with Gasteiger partial charge in [-0.2, -0.15) is 0 Å². The Kier molecular flexibility index (Phi) is 4.70. The molecule has 7 nitrogen and oxygen atoms in total. The minimum Gasteiger partial charge on any atom is -0.477 e. The highest BCUT2D eigenvalue weighted by molar-refractivity contribution is 7.89. The molecule has 1 aromatic heterocycles.